The number of carbonyl (C=O) groups excluding carboxylic acids is 1. The first kappa shape index (κ1) is 9.43. The minimum absolute atomic E-state index is 0.00885. The molecule has 0 spiro atoms. The van der Waals surface area contributed by atoms with Gasteiger partial charge in [-0.15, -0.1) is 0 Å². The molecule has 0 rings (SSSR count). The molecule has 0 saturated heterocycles. The van der Waals surface area contributed by atoms with Gasteiger partial charge in [-0.1, -0.05) is 0 Å². The van der Waals surface area contributed by atoms with E-state index < -0.39 is 0 Å². The summed E-state index contributed by atoms with van der Waals surface area (Å²) in [5.41, 5.74) is 0. The van der Waals surface area contributed by atoms with Crippen molar-refractivity contribution in [2.24, 2.45) is 0 Å². The third kappa shape index (κ3) is 5.56. The van der Waals surface area contributed by atoms with Crippen LogP contribution in [-0.2, 0) is 4.79 Å². The van der Waals surface area contributed by atoms with Crippen LogP contribution in [0.2, 0.25) is 0 Å². The van der Waals surface area contributed by atoms with Gasteiger partial charge in [-0.3, -0.25) is 4.79 Å². The van der Waals surface area contributed by atoms with Crippen molar-refractivity contribution in [1.29, 1.82) is 0 Å². The summed E-state index contributed by atoms with van der Waals surface area (Å²) in [6.07, 6.45) is 1.59. The van der Waals surface area contributed by atoms with Gasteiger partial charge in [0, 0.05) is 19.6 Å². The maximum Gasteiger partial charge on any atom is 0.217 e. The largest absolute Gasteiger partial charge is 0.396 e. The Balaban J connectivity index is 3.25. The molecule has 1 amide bonds. The highest BCUT2D eigenvalue weighted by Gasteiger charge is 2.00. The Kier molecular flexibility index (Phi) is 4.94. The molecule has 0 aromatic carbocycles. The van der Waals surface area contributed by atoms with Gasteiger partial charge in [0.25, 0.3) is 0 Å². The van der Waals surface area contributed by atoms with Gasteiger partial charge in [-0.2, -0.15) is 0 Å². The van der Waals surface area contributed by atoms with Crippen molar-refractivity contribution in [3.05, 3.63) is 0 Å². The van der Waals surface area contributed by atoms with Gasteiger partial charge in [0.2, 0.25) is 5.91 Å². The predicted octanol–water partition coefficient (Wildman–Crippen LogP) is 0.283. The highest BCUT2D eigenvalue weighted by molar-refractivity contribution is 5.73. The van der Waals surface area contributed by atoms with Gasteiger partial charge in [0.05, 0.1) is 0 Å². The summed E-state index contributed by atoms with van der Waals surface area (Å²) in [6, 6.07) is 0.185. The minimum Gasteiger partial charge on any atom is -0.396 e. The molecule has 3 nitrogen and oxygen atoms in total. The van der Waals surface area contributed by atoms with E-state index >= 15 is 0 Å². The molecule has 1 unspecified atom stereocenters. The molecule has 3 heteroatoms. The van der Waals surface area contributed by atoms with Crippen LogP contribution in [0.15, 0.2) is 0 Å². The van der Waals surface area contributed by atoms with Crippen molar-refractivity contribution in [3.8, 4) is 0 Å². The molecular weight excluding hydrogens is 130 g/mol. The Morgan fingerprint density at radius 1 is 1.70 bits per heavy atom. The second-order valence-corrected chi connectivity index (χ2v) is 2.47. The topological polar surface area (TPSA) is 49.3 Å². The third-order valence-electron chi connectivity index (χ3n) is 1.24. The van der Waals surface area contributed by atoms with Crippen LogP contribution < -0.4 is 5.32 Å². The van der Waals surface area contributed by atoms with Gasteiger partial charge in [0.1, 0.15) is 0 Å². The van der Waals surface area contributed by atoms with Crippen molar-refractivity contribution in [2.45, 2.75) is 32.7 Å². The van der Waals surface area contributed by atoms with Crippen molar-refractivity contribution < 1.29 is 9.90 Å². The van der Waals surface area contributed by atoms with E-state index in [4.69, 9.17) is 5.11 Å². The lowest BCUT2D eigenvalue weighted by molar-refractivity contribution is -0.119. The molecule has 0 fully saturated rings. The zero-order valence-electron chi connectivity index (χ0n) is 6.55. The summed E-state index contributed by atoms with van der Waals surface area (Å²) in [5.74, 6) is -0.00885. The monoisotopic (exact) mass is 145 g/mol. The number of hydrogen-bond acceptors (Lipinski definition) is 2. The third-order valence-corrected chi connectivity index (χ3v) is 1.24. The number of aliphatic hydroxyl groups is 1. The Morgan fingerprint density at radius 2 is 2.30 bits per heavy atom. The van der Waals surface area contributed by atoms with Crippen molar-refractivity contribution >= 4 is 5.91 Å². The highest BCUT2D eigenvalue weighted by atomic mass is 16.2. The van der Waals surface area contributed by atoms with Gasteiger partial charge in [-0.25, -0.2) is 0 Å². The summed E-state index contributed by atoms with van der Waals surface area (Å²) in [7, 11) is 0. The van der Waals surface area contributed by atoms with Gasteiger partial charge in [0.15, 0.2) is 0 Å². The van der Waals surface area contributed by atoms with E-state index in [0.717, 1.165) is 12.8 Å². The number of nitrogens with one attached hydrogen (secondary N) is 1. The van der Waals surface area contributed by atoms with Crippen LogP contribution >= 0.6 is 0 Å². The van der Waals surface area contributed by atoms with Crippen LogP contribution in [0.3, 0.4) is 0 Å². The molecule has 0 aliphatic rings. The minimum atomic E-state index is -0.00885. The molecule has 0 aliphatic carbocycles. The normalized spacial score (nSPS) is 12.7. The van der Waals surface area contributed by atoms with Crippen molar-refractivity contribution in [1.82, 2.24) is 5.32 Å². The number of rotatable bonds is 4. The molecule has 0 saturated carbocycles. The molecule has 0 aromatic rings. The Hall–Kier alpha value is -0.570. The van der Waals surface area contributed by atoms with E-state index in [9.17, 15) is 4.79 Å². The Labute approximate surface area is 61.4 Å². The lowest BCUT2D eigenvalue weighted by Gasteiger charge is -2.10. The van der Waals surface area contributed by atoms with Gasteiger partial charge in [-0.05, 0) is 19.8 Å². The summed E-state index contributed by atoms with van der Waals surface area (Å²) in [4.78, 5) is 10.4. The summed E-state index contributed by atoms with van der Waals surface area (Å²) >= 11 is 0. The van der Waals surface area contributed by atoms with E-state index in [0.29, 0.717) is 0 Å². The van der Waals surface area contributed by atoms with Crippen molar-refractivity contribution in [3.63, 3.8) is 0 Å². The van der Waals surface area contributed by atoms with Crippen LogP contribution in [0.1, 0.15) is 26.7 Å². The fourth-order valence-corrected chi connectivity index (χ4v) is 0.817. The van der Waals surface area contributed by atoms with E-state index in [2.05, 4.69) is 5.32 Å². The molecule has 0 aromatic heterocycles. The average Bonchev–Trinajstić information content (AvgIpc) is 1.82. The van der Waals surface area contributed by atoms with Gasteiger partial charge >= 0.3 is 0 Å². The maximum absolute atomic E-state index is 10.4. The maximum atomic E-state index is 10.4. The quantitative estimate of drug-likeness (QED) is 0.597. The molecule has 2 N–H and O–H groups in total. The fourth-order valence-electron chi connectivity index (χ4n) is 0.817. The summed E-state index contributed by atoms with van der Waals surface area (Å²) in [5, 5.41) is 11.2. The first-order chi connectivity index (χ1) is 4.66. The second kappa shape index (κ2) is 5.23. The number of hydrogen-bond donors (Lipinski definition) is 2. The number of carbonyl (C=O) groups is 1. The lowest BCUT2D eigenvalue weighted by Crippen LogP contribution is -2.30. The van der Waals surface area contributed by atoms with E-state index in [1.165, 1.54) is 6.92 Å². The van der Waals surface area contributed by atoms with Crippen molar-refractivity contribution in [2.75, 3.05) is 6.61 Å². The Morgan fingerprint density at radius 3 is 2.70 bits per heavy atom. The fraction of sp³-hybridized carbons (Fsp3) is 0.857. The highest BCUT2D eigenvalue weighted by Crippen LogP contribution is 1.93. The Bertz CT molecular complexity index is 104. The van der Waals surface area contributed by atoms with Crippen LogP contribution in [0.4, 0.5) is 0 Å². The predicted molar refractivity (Wildman–Crippen MR) is 39.6 cm³/mol. The molecule has 0 bridgehead atoms. The molecule has 0 radical (unpaired) electrons. The first-order valence-electron chi connectivity index (χ1n) is 3.54. The summed E-state index contributed by atoms with van der Waals surface area (Å²) in [6.45, 7) is 3.62. The molecular formula is C7H15NO2. The van der Waals surface area contributed by atoms with Crippen LogP contribution in [0.5, 0.6) is 0 Å². The molecule has 60 valence electrons. The number of amides is 1. The lowest BCUT2D eigenvalue weighted by atomic mass is 10.2. The van der Waals surface area contributed by atoms with E-state index in [-0.39, 0.29) is 18.6 Å². The van der Waals surface area contributed by atoms with Crippen LogP contribution in [0.25, 0.3) is 0 Å². The molecule has 0 heterocycles. The zero-order chi connectivity index (χ0) is 7.98. The number of aliphatic hydroxyl groups excluding tert-OH is 1. The average molecular weight is 145 g/mol. The standard InChI is InChI=1S/C7H15NO2/c1-6(4-3-5-9)8-7(2)10/h6,9H,3-5H2,1-2H3,(H,8,10). The molecule has 1 atom stereocenters. The van der Waals surface area contributed by atoms with Gasteiger partial charge < -0.3 is 10.4 Å². The first-order valence-corrected chi connectivity index (χ1v) is 3.54. The molecule has 10 heavy (non-hydrogen) atoms. The smallest absolute Gasteiger partial charge is 0.217 e. The SMILES string of the molecule is CC(=O)NC(C)CCCO. The molecule has 0 aliphatic heterocycles. The summed E-state index contributed by atoms with van der Waals surface area (Å²) < 4.78 is 0. The zero-order valence-corrected chi connectivity index (χ0v) is 6.55. The second-order valence-electron chi connectivity index (χ2n) is 2.47. The van der Waals surface area contributed by atoms with E-state index in [1.807, 2.05) is 6.92 Å². The van der Waals surface area contributed by atoms with E-state index in [1.54, 1.807) is 0 Å². The van der Waals surface area contributed by atoms with Crippen LogP contribution in [-0.4, -0.2) is 23.7 Å². The van der Waals surface area contributed by atoms with Crippen LogP contribution in [0, 0.1) is 0 Å².